The van der Waals surface area contributed by atoms with E-state index >= 15 is 0 Å². The number of amides is 1. The van der Waals surface area contributed by atoms with Crippen molar-refractivity contribution in [1.29, 1.82) is 0 Å². The second-order valence-electron chi connectivity index (χ2n) is 8.28. The Balaban J connectivity index is 1.69. The van der Waals surface area contributed by atoms with Crippen LogP contribution in [0.3, 0.4) is 0 Å². The Kier molecular flexibility index (Phi) is 7.15. The van der Waals surface area contributed by atoms with Crippen LogP contribution in [0.25, 0.3) is 11.4 Å². The van der Waals surface area contributed by atoms with E-state index in [-0.39, 0.29) is 34.6 Å². The van der Waals surface area contributed by atoms with Crippen molar-refractivity contribution in [3.8, 4) is 17.1 Å². The molecule has 0 saturated heterocycles. The van der Waals surface area contributed by atoms with Crippen molar-refractivity contribution in [1.82, 2.24) is 35.5 Å². The van der Waals surface area contributed by atoms with Gasteiger partial charge in [0, 0.05) is 31.1 Å². The van der Waals surface area contributed by atoms with Gasteiger partial charge in [-0.25, -0.2) is 24.3 Å². The summed E-state index contributed by atoms with van der Waals surface area (Å²) in [5, 5.41) is 26.9. The van der Waals surface area contributed by atoms with E-state index in [9.17, 15) is 14.3 Å². The second kappa shape index (κ2) is 10.5. The lowest BCUT2D eigenvalue weighted by atomic mass is 10.0. The minimum absolute atomic E-state index is 0.00526. The van der Waals surface area contributed by atoms with Crippen LogP contribution < -0.4 is 20.7 Å². The first kappa shape index (κ1) is 25.3. The number of carbonyl (C=O) groups excluding carboxylic acids is 1. The summed E-state index contributed by atoms with van der Waals surface area (Å²) < 4.78 is 18.9. The molecule has 0 unspecified atom stereocenters. The van der Waals surface area contributed by atoms with Crippen LogP contribution in [0.15, 0.2) is 49.1 Å². The molecule has 4 heterocycles. The molecule has 4 rings (SSSR count). The first-order valence-corrected chi connectivity index (χ1v) is 11.0. The summed E-state index contributed by atoms with van der Waals surface area (Å²) in [4.78, 5) is 29.1. The van der Waals surface area contributed by atoms with E-state index in [2.05, 4.69) is 46.1 Å². The average Bonchev–Trinajstić information content (AvgIpc) is 2.88. The molecule has 13 heteroatoms. The number of rotatable bonds is 8. The van der Waals surface area contributed by atoms with Gasteiger partial charge in [-0.2, -0.15) is 0 Å². The standard InChI is InChI=1S/C24H24FN9O3/c1-24(2,36)13-5-6-17(28-10-13)32-18-9-16(19(34-33-18)23(35)26-3)31-22-20(37-4)15(7-8-27-22)21-29-11-14(25)12-30-21/h5-12,36H,1-4H3,(H,26,35)(H2,27,28,31,32,33). The smallest absolute Gasteiger partial charge is 0.273 e. The molecule has 0 aliphatic heterocycles. The van der Waals surface area contributed by atoms with E-state index in [4.69, 9.17) is 4.74 Å². The van der Waals surface area contributed by atoms with Gasteiger partial charge in [0.25, 0.3) is 5.91 Å². The molecule has 0 radical (unpaired) electrons. The Morgan fingerprint density at radius 1 is 1.00 bits per heavy atom. The molecule has 4 N–H and O–H groups in total. The molecular weight excluding hydrogens is 481 g/mol. The van der Waals surface area contributed by atoms with Gasteiger partial charge in [-0.1, -0.05) is 6.07 Å². The number of pyridine rings is 2. The van der Waals surface area contributed by atoms with E-state index < -0.39 is 17.3 Å². The van der Waals surface area contributed by atoms with Crippen molar-refractivity contribution in [2.45, 2.75) is 19.4 Å². The summed E-state index contributed by atoms with van der Waals surface area (Å²) in [7, 11) is 2.91. The second-order valence-corrected chi connectivity index (χ2v) is 8.28. The fourth-order valence-electron chi connectivity index (χ4n) is 3.29. The first-order chi connectivity index (χ1) is 17.7. The lowest BCUT2D eigenvalue weighted by molar-refractivity contribution is 0.0782. The van der Waals surface area contributed by atoms with Crippen LogP contribution in [0.1, 0.15) is 29.9 Å². The molecule has 12 nitrogen and oxygen atoms in total. The van der Waals surface area contributed by atoms with Crippen LogP contribution in [0.5, 0.6) is 5.75 Å². The summed E-state index contributed by atoms with van der Waals surface area (Å²) in [6, 6.07) is 6.60. The maximum Gasteiger partial charge on any atom is 0.273 e. The Morgan fingerprint density at radius 3 is 2.38 bits per heavy atom. The van der Waals surface area contributed by atoms with E-state index in [0.29, 0.717) is 16.9 Å². The number of methoxy groups -OCH3 is 1. The zero-order valence-electron chi connectivity index (χ0n) is 20.4. The Bertz CT molecular complexity index is 1410. The van der Waals surface area contributed by atoms with Gasteiger partial charge >= 0.3 is 0 Å². The minimum atomic E-state index is -1.03. The van der Waals surface area contributed by atoms with Gasteiger partial charge < -0.3 is 25.8 Å². The van der Waals surface area contributed by atoms with Crippen LogP contribution >= 0.6 is 0 Å². The maximum atomic E-state index is 13.3. The molecule has 0 aliphatic rings. The largest absolute Gasteiger partial charge is 0.492 e. The number of ether oxygens (including phenoxy) is 1. The third kappa shape index (κ3) is 5.73. The molecule has 0 bridgehead atoms. The van der Waals surface area contributed by atoms with Gasteiger partial charge in [0.05, 0.1) is 36.4 Å². The third-order valence-corrected chi connectivity index (χ3v) is 5.19. The highest BCUT2D eigenvalue weighted by molar-refractivity contribution is 5.98. The summed E-state index contributed by atoms with van der Waals surface area (Å²) in [5.74, 6) is 0.425. The summed E-state index contributed by atoms with van der Waals surface area (Å²) in [5.41, 5.74) is 0.345. The van der Waals surface area contributed by atoms with Crippen molar-refractivity contribution in [3.05, 3.63) is 66.1 Å². The number of nitrogens with zero attached hydrogens (tertiary/aromatic N) is 6. The molecule has 0 saturated carbocycles. The molecular formula is C24H24FN9O3. The predicted molar refractivity (Wildman–Crippen MR) is 133 cm³/mol. The number of anilines is 4. The van der Waals surface area contributed by atoms with E-state index in [1.54, 1.807) is 44.3 Å². The normalized spacial score (nSPS) is 11.1. The number of halogens is 1. The molecule has 0 aliphatic carbocycles. The van der Waals surface area contributed by atoms with E-state index in [1.165, 1.54) is 20.4 Å². The van der Waals surface area contributed by atoms with Crippen molar-refractivity contribution in [3.63, 3.8) is 0 Å². The number of hydrogen-bond donors (Lipinski definition) is 4. The lowest BCUT2D eigenvalue weighted by Gasteiger charge is -2.17. The number of carbonyl (C=O) groups is 1. The highest BCUT2D eigenvalue weighted by Crippen LogP contribution is 2.35. The summed E-state index contributed by atoms with van der Waals surface area (Å²) in [6.45, 7) is 3.33. The van der Waals surface area contributed by atoms with E-state index in [1.807, 2.05) is 0 Å². The third-order valence-electron chi connectivity index (χ3n) is 5.19. The van der Waals surface area contributed by atoms with Crippen molar-refractivity contribution >= 4 is 29.0 Å². The predicted octanol–water partition coefficient (Wildman–Crippen LogP) is 2.95. The number of hydrogen-bond acceptors (Lipinski definition) is 11. The zero-order chi connectivity index (χ0) is 26.6. The summed E-state index contributed by atoms with van der Waals surface area (Å²) >= 11 is 0. The van der Waals surface area contributed by atoms with Crippen LogP contribution in [0.4, 0.5) is 27.5 Å². The van der Waals surface area contributed by atoms with Gasteiger partial charge in [0.15, 0.2) is 34.7 Å². The number of nitrogens with one attached hydrogen (secondary N) is 3. The highest BCUT2D eigenvalue weighted by Gasteiger charge is 2.20. The number of aliphatic hydroxyl groups is 1. The van der Waals surface area contributed by atoms with Crippen LogP contribution in [0.2, 0.25) is 0 Å². The van der Waals surface area contributed by atoms with Crippen LogP contribution in [0, 0.1) is 5.82 Å². The molecule has 0 fully saturated rings. The quantitative estimate of drug-likeness (QED) is 0.279. The van der Waals surface area contributed by atoms with Crippen molar-refractivity contribution in [2.75, 3.05) is 24.8 Å². The van der Waals surface area contributed by atoms with Crippen LogP contribution in [-0.4, -0.2) is 55.3 Å². The molecule has 0 aromatic carbocycles. The molecule has 0 spiro atoms. The van der Waals surface area contributed by atoms with Gasteiger partial charge in [0.1, 0.15) is 5.82 Å². The SMILES string of the molecule is CNC(=O)c1nnc(Nc2ccc(C(C)(C)O)cn2)cc1Nc1nccc(-c2ncc(F)cn2)c1OC. The Hall–Kier alpha value is -4.78. The molecule has 4 aromatic rings. The monoisotopic (exact) mass is 505 g/mol. The van der Waals surface area contributed by atoms with Crippen molar-refractivity contribution < 1.29 is 19.0 Å². The molecule has 1 amide bonds. The Labute approximate surface area is 211 Å². The average molecular weight is 506 g/mol. The lowest BCUT2D eigenvalue weighted by Crippen LogP contribution is -2.21. The van der Waals surface area contributed by atoms with Gasteiger partial charge in [-0.15, -0.1) is 10.2 Å². The van der Waals surface area contributed by atoms with Crippen molar-refractivity contribution in [2.24, 2.45) is 0 Å². The Morgan fingerprint density at radius 2 is 1.76 bits per heavy atom. The van der Waals surface area contributed by atoms with E-state index in [0.717, 1.165) is 12.4 Å². The fourth-order valence-corrected chi connectivity index (χ4v) is 3.29. The van der Waals surface area contributed by atoms with Crippen LogP contribution in [-0.2, 0) is 5.60 Å². The minimum Gasteiger partial charge on any atom is -0.492 e. The maximum absolute atomic E-state index is 13.3. The topological polar surface area (TPSA) is 160 Å². The first-order valence-electron chi connectivity index (χ1n) is 11.0. The molecule has 190 valence electrons. The summed E-state index contributed by atoms with van der Waals surface area (Å²) in [6.07, 6.45) is 5.14. The van der Waals surface area contributed by atoms with Gasteiger partial charge in [0.2, 0.25) is 0 Å². The van der Waals surface area contributed by atoms with Gasteiger partial charge in [-0.05, 0) is 26.0 Å². The molecule has 0 atom stereocenters. The van der Waals surface area contributed by atoms with Gasteiger partial charge in [-0.3, -0.25) is 4.79 Å². The number of aromatic nitrogens is 6. The molecule has 37 heavy (non-hydrogen) atoms. The molecule has 4 aromatic heterocycles. The fraction of sp³-hybridized carbons (Fsp3) is 0.208. The zero-order valence-corrected chi connectivity index (χ0v) is 20.4. The highest BCUT2D eigenvalue weighted by atomic mass is 19.1.